The van der Waals surface area contributed by atoms with Crippen molar-refractivity contribution in [2.45, 2.75) is 35.7 Å². The molecule has 176 valence electrons. The average molecular weight is 494 g/mol. The number of carbonyl (C=O) groups excluding carboxylic acids is 2. The van der Waals surface area contributed by atoms with Crippen LogP contribution in [0.25, 0.3) is 11.7 Å². The molecule has 0 aliphatic carbocycles. The lowest BCUT2D eigenvalue weighted by Gasteiger charge is -2.32. The number of nitrogens with one attached hydrogen (secondary N) is 1. The lowest BCUT2D eigenvalue weighted by atomic mass is 9.92. The standard InChI is InChI=1S/C25H27N5O2S2/c1-33-24-19(6-4-12-27-24)25(32)29-13-9-17(10-14-29)5-3-11-26-23(31)20-15-18-16-28-21-7-2-8-22(34-20)30(18)21/h2,4,6-8,12,15-17H,3,5,9-11,13-14H2,1H3,(H,26,31). The molecular formula is C25H27N5O2S2. The molecule has 7 nitrogen and oxygen atoms in total. The van der Waals surface area contributed by atoms with E-state index in [0.29, 0.717) is 22.9 Å². The number of imidazole rings is 1. The summed E-state index contributed by atoms with van der Waals surface area (Å²) in [4.78, 5) is 37.0. The second kappa shape index (κ2) is 10.2. The Balaban J connectivity index is 1.06. The van der Waals surface area contributed by atoms with Gasteiger partial charge in [-0.1, -0.05) is 17.8 Å². The molecule has 0 saturated carbocycles. The summed E-state index contributed by atoms with van der Waals surface area (Å²) in [6, 6.07) is 9.63. The lowest BCUT2D eigenvalue weighted by Crippen LogP contribution is -2.39. The third-order valence-corrected chi connectivity index (χ3v) is 8.17. The Morgan fingerprint density at radius 3 is 2.85 bits per heavy atom. The maximum absolute atomic E-state index is 12.9. The molecule has 9 heteroatoms. The highest BCUT2D eigenvalue weighted by Gasteiger charge is 2.25. The van der Waals surface area contributed by atoms with E-state index in [1.807, 2.05) is 47.6 Å². The first kappa shape index (κ1) is 23.0. The van der Waals surface area contributed by atoms with Crippen LogP contribution < -0.4 is 5.32 Å². The van der Waals surface area contributed by atoms with Crippen molar-refractivity contribution >= 4 is 47.1 Å². The number of carbonyl (C=O) groups is 2. The number of aromatic nitrogens is 3. The van der Waals surface area contributed by atoms with Gasteiger partial charge in [-0.3, -0.25) is 14.0 Å². The van der Waals surface area contributed by atoms with Gasteiger partial charge in [-0.2, -0.15) is 0 Å². The van der Waals surface area contributed by atoms with Crippen LogP contribution >= 0.6 is 23.5 Å². The van der Waals surface area contributed by atoms with Gasteiger partial charge in [0.2, 0.25) is 0 Å². The minimum absolute atomic E-state index is 0.0315. The van der Waals surface area contributed by atoms with E-state index in [0.717, 1.165) is 60.2 Å². The molecule has 0 spiro atoms. The van der Waals surface area contributed by atoms with Gasteiger partial charge < -0.3 is 10.2 Å². The SMILES string of the molecule is CSc1ncccc1C(=O)N1CCC(CCCNC(=O)C2=Cc3cnc4cccc(n34)S2)CC1. The predicted molar refractivity (Wildman–Crippen MR) is 136 cm³/mol. The maximum atomic E-state index is 12.9. The number of nitrogens with zero attached hydrogens (tertiary/aromatic N) is 4. The third-order valence-electron chi connectivity index (χ3n) is 6.41. The maximum Gasteiger partial charge on any atom is 0.258 e. The summed E-state index contributed by atoms with van der Waals surface area (Å²) in [5, 5.41) is 4.88. The predicted octanol–water partition coefficient (Wildman–Crippen LogP) is 4.35. The topological polar surface area (TPSA) is 79.6 Å². The second-order valence-electron chi connectivity index (χ2n) is 8.55. The van der Waals surface area contributed by atoms with Crippen molar-refractivity contribution in [2.24, 2.45) is 5.92 Å². The van der Waals surface area contributed by atoms with Gasteiger partial charge >= 0.3 is 0 Å². The van der Waals surface area contributed by atoms with Crippen molar-refractivity contribution in [3.05, 3.63) is 58.9 Å². The highest BCUT2D eigenvalue weighted by atomic mass is 32.2. The van der Waals surface area contributed by atoms with Crippen LogP contribution in [-0.2, 0) is 4.79 Å². The largest absolute Gasteiger partial charge is 0.352 e. The molecule has 1 saturated heterocycles. The molecule has 0 unspecified atom stereocenters. The summed E-state index contributed by atoms with van der Waals surface area (Å²) in [6.45, 7) is 2.22. The number of thioether (sulfide) groups is 2. The van der Waals surface area contributed by atoms with E-state index in [4.69, 9.17) is 0 Å². The number of rotatable bonds is 7. The minimum atomic E-state index is -0.0315. The molecule has 1 N–H and O–H groups in total. The molecule has 1 fully saturated rings. The van der Waals surface area contributed by atoms with Gasteiger partial charge in [-0.15, -0.1) is 11.8 Å². The number of hydrogen-bond acceptors (Lipinski definition) is 6. The molecule has 2 aliphatic rings. The fourth-order valence-electron chi connectivity index (χ4n) is 4.59. The van der Waals surface area contributed by atoms with Crippen LogP contribution in [0.1, 0.15) is 41.7 Å². The summed E-state index contributed by atoms with van der Waals surface area (Å²) >= 11 is 2.99. The van der Waals surface area contributed by atoms with E-state index in [-0.39, 0.29) is 11.8 Å². The van der Waals surface area contributed by atoms with E-state index in [2.05, 4.69) is 19.7 Å². The molecule has 2 amide bonds. The number of amides is 2. The summed E-state index contributed by atoms with van der Waals surface area (Å²) in [5.74, 6) is 0.638. The monoisotopic (exact) mass is 493 g/mol. The first-order valence-corrected chi connectivity index (χ1v) is 13.6. The molecule has 2 aliphatic heterocycles. The fourth-order valence-corrected chi connectivity index (χ4v) is 6.14. The highest BCUT2D eigenvalue weighted by molar-refractivity contribution is 8.04. The average Bonchev–Trinajstić information content (AvgIpc) is 3.31. The number of likely N-dealkylation sites (tertiary alicyclic amines) is 1. The summed E-state index contributed by atoms with van der Waals surface area (Å²) in [7, 11) is 0. The van der Waals surface area contributed by atoms with Gasteiger partial charge in [0.15, 0.2) is 0 Å². The Kier molecular flexibility index (Phi) is 6.92. The molecule has 5 heterocycles. The molecule has 34 heavy (non-hydrogen) atoms. The van der Waals surface area contributed by atoms with Crippen LogP contribution in [0.3, 0.4) is 0 Å². The number of piperidine rings is 1. The van der Waals surface area contributed by atoms with E-state index < -0.39 is 0 Å². The molecule has 0 bridgehead atoms. The fraction of sp³-hybridized carbons (Fsp3) is 0.360. The second-order valence-corrected chi connectivity index (χ2v) is 10.4. The number of hydrogen-bond donors (Lipinski definition) is 1. The van der Waals surface area contributed by atoms with Crippen molar-refractivity contribution in [1.82, 2.24) is 24.6 Å². The van der Waals surface area contributed by atoms with Gasteiger partial charge in [-0.05, 0) is 68.2 Å². The smallest absolute Gasteiger partial charge is 0.258 e. The Hall–Kier alpha value is -2.78. The summed E-state index contributed by atoms with van der Waals surface area (Å²) in [5.41, 5.74) is 2.53. The first-order valence-electron chi connectivity index (χ1n) is 11.6. The van der Waals surface area contributed by atoms with E-state index in [1.165, 1.54) is 23.5 Å². The van der Waals surface area contributed by atoms with Crippen LogP contribution in [0, 0.1) is 5.92 Å². The third kappa shape index (κ3) is 4.72. The molecular weight excluding hydrogens is 466 g/mol. The van der Waals surface area contributed by atoms with E-state index >= 15 is 0 Å². The zero-order valence-electron chi connectivity index (χ0n) is 19.1. The normalized spacial score (nSPS) is 15.9. The summed E-state index contributed by atoms with van der Waals surface area (Å²) < 4.78 is 2.06. The molecule has 0 aromatic carbocycles. The Morgan fingerprint density at radius 1 is 1.18 bits per heavy atom. The van der Waals surface area contributed by atoms with Crippen LogP contribution in [0.4, 0.5) is 0 Å². The van der Waals surface area contributed by atoms with E-state index in [9.17, 15) is 9.59 Å². The van der Waals surface area contributed by atoms with Crippen molar-refractivity contribution in [3.8, 4) is 0 Å². The Bertz CT molecular complexity index is 1250. The van der Waals surface area contributed by atoms with Crippen molar-refractivity contribution in [3.63, 3.8) is 0 Å². The van der Waals surface area contributed by atoms with Crippen LogP contribution in [0.2, 0.25) is 0 Å². The Labute approximate surface area is 207 Å². The van der Waals surface area contributed by atoms with Gasteiger partial charge in [0.25, 0.3) is 11.8 Å². The zero-order valence-corrected chi connectivity index (χ0v) is 20.7. The molecule has 5 rings (SSSR count). The van der Waals surface area contributed by atoms with Crippen LogP contribution in [-0.4, -0.2) is 57.0 Å². The van der Waals surface area contributed by atoms with E-state index in [1.54, 1.807) is 12.4 Å². The minimum Gasteiger partial charge on any atom is -0.352 e. The van der Waals surface area contributed by atoms with Gasteiger partial charge in [0, 0.05) is 25.8 Å². The quantitative estimate of drug-likeness (QED) is 0.390. The van der Waals surface area contributed by atoms with Gasteiger partial charge in [-0.25, -0.2) is 9.97 Å². The number of pyridine rings is 2. The molecule has 3 aromatic heterocycles. The lowest BCUT2D eigenvalue weighted by molar-refractivity contribution is -0.116. The van der Waals surface area contributed by atoms with Gasteiger partial charge in [0.1, 0.15) is 10.7 Å². The van der Waals surface area contributed by atoms with Crippen molar-refractivity contribution in [1.29, 1.82) is 0 Å². The Morgan fingerprint density at radius 2 is 2.03 bits per heavy atom. The summed E-state index contributed by atoms with van der Waals surface area (Å²) in [6.07, 6.45) is 11.4. The van der Waals surface area contributed by atoms with Crippen LogP contribution in [0.5, 0.6) is 0 Å². The van der Waals surface area contributed by atoms with Crippen LogP contribution in [0.15, 0.2) is 57.7 Å². The zero-order chi connectivity index (χ0) is 23.5. The van der Waals surface area contributed by atoms with Crippen molar-refractivity contribution < 1.29 is 9.59 Å². The van der Waals surface area contributed by atoms with Gasteiger partial charge in [0.05, 0.1) is 27.4 Å². The molecule has 0 radical (unpaired) electrons. The molecule has 0 atom stereocenters. The highest BCUT2D eigenvalue weighted by Crippen LogP contribution is 2.34. The van der Waals surface area contributed by atoms with Crippen molar-refractivity contribution in [2.75, 3.05) is 25.9 Å². The molecule has 3 aromatic rings. The first-order chi connectivity index (χ1) is 16.6.